The molecule has 1 aliphatic rings. The number of halogens is 2. The van der Waals surface area contributed by atoms with Crippen LogP contribution in [-0.4, -0.2) is 34.9 Å². The van der Waals surface area contributed by atoms with Crippen molar-refractivity contribution in [1.82, 2.24) is 4.90 Å². The predicted molar refractivity (Wildman–Crippen MR) is 92.0 cm³/mol. The molecule has 23 heavy (non-hydrogen) atoms. The van der Waals surface area contributed by atoms with E-state index in [0.717, 1.165) is 12.0 Å². The smallest absolute Gasteiger partial charge is 0.410 e. The van der Waals surface area contributed by atoms with Gasteiger partial charge in [-0.05, 0) is 57.2 Å². The molecule has 0 aromatic heterocycles. The molecule has 1 N–H and O–H groups in total. The Hall–Kier alpha value is -0.970. The third kappa shape index (κ3) is 4.52. The Kier molecular flexibility index (Phi) is 5.82. The van der Waals surface area contributed by atoms with Gasteiger partial charge < -0.3 is 14.7 Å². The molecule has 2 rings (SSSR count). The summed E-state index contributed by atoms with van der Waals surface area (Å²) in [7, 11) is 0. The minimum absolute atomic E-state index is 0.0879. The highest BCUT2D eigenvalue weighted by Gasteiger charge is 2.39. The number of rotatable bonds is 3. The molecule has 0 spiro atoms. The van der Waals surface area contributed by atoms with Crippen LogP contribution in [0.2, 0.25) is 10.0 Å². The summed E-state index contributed by atoms with van der Waals surface area (Å²) in [6.45, 7) is 6.23. The normalized spacial score (nSPS) is 21.6. The van der Waals surface area contributed by atoms with E-state index >= 15 is 0 Å². The number of carbonyl (C=O) groups excluding carboxylic acids is 1. The molecule has 0 saturated carbocycles. The summed E-state index contributed by atoms with van der Waals surface area (Å²) in [4.78, 5) is 14.3. The Balaban J connectivity index is 2.30. The largest absolute Gasteiger partial charge is 0.444 e. The van der Waals surface area contributed by atoms with Crippen molar-refractivity contribution in [2.24, 2.45) is 5.92 Å². The predicted octanol–water partition coefficient (Wildman–Crippen LogP) is 4.67. The van der Waals surface area contributed by atoms with Gasteiger partial charge in [0.1, 0.15) is 5.60 Å². The molecule has 1 fully saturated rings. The first kappa shape index (κ1) is 18.4. The van der Waals surface area contributed by atoms with E-state index in [1.807, 2.05) is 26.8 Å². The summed E-state index contributed by atoms with van der Waals surface area (Å²) in [5.74, 6) is 0.171. The molecule has 6 heteroatoms. The summed E-state index contributed by atoms with van der Waals surface area (Å²) in [6.07, 6.45) is 1.11. The van der Waals surface area contributed by atoms with Crippen molar-refractivity contribution in [3.05, 3.63) is 33.8 Å². The quantitative estimate of drug-likeness (QED) is 0.852. The highest BCUT2D eigenvalue weighted by atomic mass is 35.5. The highest BCUT2D eigenvalue weighted by Crippen LogP contribution is 2.41. The summed E-state index contributed by atoms with van der Waals surface area (Å²) in [6, 6.07) is 5.25. The Labute approximate surface area is 147 Å². The van der Waals surface area contributed by atoms with Gasteiger partial charge in [0.15, 0.2) is 0 Å². The molecule has 4 nitrogen and oxygen atoms in total. The average Bonchev–Trinajstić information content (AvgIpc) is 2.84. The van der Waals surface area contributed by atoms with Gasteiger partial charge in [-0.15, -0.1) is 0 Å². The van der Waals surface area contributed by atoms with E-state index in [1.54, 1.807) is 17.0 Å². The maximum atomic E-state index is 12.5. The molecule has 1 saturated heterocycles. The fraction of sp³-hybridized carbons (Fsp3) is 0.588. The van der Waals surface area contributed by atoms with Gasteiger partial charge in [-0.25, -0.2) is 4.79 Å². The van der Waals surface area contributed by atoms with Crippen LogP contribution in [0.25, 0.3) is 0 Å². The second kappa shape index (κ2) is 7.29. The second-order valence-corrected chi connectivity index (χ2v) is 7.67. The van der Waals surface area contributed by atoms with Crippen LogP contribution in [0.15, 0.2) is 18.2 Å². The first-order valence-electron chi connectivity index (χ1n) is 7.78. The van der Waals surface area contributed by atoms with Crippen LogP contribution in [-0.2, 0) is 4.74 Å². The van der Waals surface area contributed by atoms with Gasteiger partial charge in [0.2, 0.25) is 0 Å². The van der Waals surface area contributed by atoms with Crippen LogP contribution in [0.1, 0.15) is 45.2 Å². The van der Waals surface area contributed by atoms with Crippen molar-refractivity contribution < 1.29 is 14.6 Å². The number of hydrogen-bond donors (Lipinski definition) is 1. The van der Waals surface area contributed by atoms with Crippen molar-refractivity contribution in [2.45, 2.75) is 45.3 Å². The zero-order valence-corrected chi connectivity index (χ0v) is 15.2. The molecule has 1 amide bonds. The molecule has 1 heterocycles. The monoisotopic (exact) mass is 359 g/mol. The molecule has 0 aliphatic carbocycles. The van der Waals surface area contributed by atoms with Crippen LogP contribution in [0.3, 0.4) is 0 Å². The fourth-order valence-electron chi connectivity index (χ4n) is 3.00. The highest BCUT2D eigenvalue weighted by molar-refractivity contribution is 6.42. The third-order valence-corrected chi connectivity index (χ3v) is 4.68. The molecular weight excluding hydrogens is 337 g/mol. The zero-order valence-electron chi connectivity index (χ0n) is 13.7. The van der Waals surface area contributed by atoms with Gasteiger partial charge in [0.05, 0.1) is 16.1 Å². The van der Waals surface area contributed by atoms with Crippen molar-refractivity contribution in [3.63, 3.8) is 0 Å². The van der Waals surface area contributed by atoms with Gasteiger partial charge in [0.25, 0.3) is 0 Å². The van der Waals surface area contributed by atoms with E-state index < -0.39 is 5.60 Å². The van der Waals surface area contributed by atoms with E-state index in [0.29, 0.717) is 23.0 Å². The second-order valence-electron chi connectivity index (χ2n) is 6.85. The number of ether oxygens (including phenoxy) is 1. The lowest BCUT2D eigenvalue weighted by Crippen LogP contribution is -2.37. The van der Waals surface area contributed by atoms with Crippen molar-refractivity contribution in [2.75, 3.05) is 13.2 Å². The van der Waals surface area contributed by atoms with Gasteiger partial charge >= 0.3 is 6.09 Å². The standard InChI is InChI=1S/C17H23Cl2NO3/c1-17(2,3)23-16(22)20-8-6-11(7-9-21)15(20)12-4-5-13(18)14(19)10-12/h4-5,10-11,15,21H,6-9H2,1-3H3/t11-,15?/m0/s1. The number of hydrogen-bond acceptors (Lipinski definition) is 3. The Morgan fingerprint density at radius 1 is 1.35 bits per heavy atom. The summed E-state index contributed by atoms with van der Waals surface area (Å²) < 4.78 is 5.52. The number of carbonyl (C=O) groups is 1. The first-order valence-corrected chi connectivity index (χ1v) is 8.54. The van der Waals surface area contributed by atoms with Gasteiger partial charge in [0, 0.05) is 13.2 Å². The molecule has 0 radical (unpaired) electrons. The molecule has 1 unspecified atom stereocenters. The van der Waals surface area contributed by atoms with E-state index in [-0.39, 0.29) is 24.7 Å². The Morgan fingerprint density at radius 3 is 2.61 bits per heavy atom. The number of benzene rings is 1. The number of aliphatic hydroxyl groups excluding tert-OH is 1. The number of amides is 1. The SMILES string of the molecule is CC(C)(C)OC(=O)N1CC[C@@H](CCO)C1c1ccc(Cl)c(Cl)c1. The van der Waals surface area contributed by atoms with Gasteiger partial charge in [-0.3, -0.25) is 0 Å². The lowest BCUT2D eigenvalue weighted by Gasteiger charge is -2.31. The van der Waals surface area contributed by atoms with E-state index in [4.69, 9.17) is 27.9 Å². The van der Waals surface area contributed by atoms with Gasteiger partial charge in [-0.1, -0.05) is 29.3 Å². The Bertz CT molecular complexity index is 571. The maximum absolute atomic E-state index is 12.5. The average molecular weight is 360 g/mol. The molecule has 1 aliphatic heterocycles. The fourth-order valence-corrected chi connectivity index (χ4v) is 3.30. The molecule has 1 aromatic carbocycles. The summed E-state index contributed by atoms with van der Waals surface area (Å²) >= 11 is 12.1. The minimum atomic E-state index is -0.547. The number of likely N-dealkylation sites (tertiary alicyclic amines) is 1. The lowest BCUT2D eigenvalue weighted by atomic mass is 9.91. The van der Waals surface area contributed by atoms with Crippen LogP contribution in [0.5, 0.6) is 0 Å². The van der Waals surface area contributed by atoms with E-state index in [9.17, 15) is 9.90 Å². The Morgan fingerprint density at radius 2 is 2.04 bits per heavy atom. The van der Waals surface area contributed by atoms with Crippen LogP contribution < -0.4 is 0 Å². The summed E-state index contributed by atoms with van der Waals surface area (Å²) in [5.41, 5.74) is 0.371. The van der Waals surface area contributed by atoms with Crippen molar-refractivity contribution in [1.29, 1.82) is 0 Å². The molecular formula is C17H23Cl2NO3. The summed E-state index contributed by atoms with van der Waals surface area (Å²) in [5, 5.41) is 10.3. The maximum Gasteiger partial charge on any atom is 0.410 e. The first-order chi connectivity index (χ1) is 10.7. The van der Waals surface area contributed by atoms with Crippen molar-refractivity contribution in [3.8, 4) is 0 Å². The molecule has 128 valence electrons. The molecule has 0 bridgehead atoms. The topological polar surface area (TPSA) is 49.8 Å². The zero-order chi connectivity index (χ0) is 17.2. The lowest BCUT2D eigenvalue weighted by molar-refractivity contribution is 0.0199. The van der Waals surface area contributed by atoms with Crippen LogP contribution in [0, 0.1) is 5.92 Å². The molecule has 1 aromatic rings. The third-order valence-electron chi connectivity index (χ3n) is 3.94. The molecule has 2 atom stereocenters. The van der Waals surface area contributed by atoms with E-state index in [1.165, 1.54) is 0 Å². The van der Waals surface area contributed by atoms with Crippen LogP contribution >= 0.6 is 23.2 Å². The van der Waals surface area contributed by atoms with Gasteiger partial charge in [-0.2, -0.15) is 0 Å². The minimum Gasteiger partial charge on any atom is -0.444 e. The number of aliphatic hydroxyl groups is 1. The number of nitrogens with zero attached hydrogens (tertiary/aromatic N) is 1. The van der Waals surface area contributed by atoms with Crippen LogP contribution in [0.4, 0.5) is 4.79 Å². The van der Waals surface area contributed by atoms with E-state index in [2.05, 4.69) is 0 Å². The van der Waals surface area contributed by atoms with Crippen molar-refractivity contribution >= 4 is 29.3 Å².